The first-order valence-electron chi connectivity index (χ1n) is 4.25. The number of aromatic hydroxyl groups is 2. The van der Waals surface area contributed by atoms with Gasteiger partial charge in [0.1, 0.15) is 11.5 Å². The maximum atomic E-state index is 9.67. The van der Waals surface area contributed by atoms with Gasteiger partial charge < -0.3 is 10.2 Å². The van der Waals surface area contributed by atoms with Crippen LogP contribution in [-0.4, -0.2) is 25.4 Å². The molecule has 0 spiro atoms. The fraction of sp³-hybridized carbons (Fsp3) is 0.111. The van der Waals surface area contributed by atoms with E-state index in [4.69, 9.17) is 12.2 Å². The van der Waals surface area contributed by atoms with Gasteiger partial charge in [0, 0.05) is 6.07 Å². The van der Waals surface area contributed by atoms with Crippen molar-refractivity contribution < 1.29 is 10.2 Å². The number of aromatic nitrogens is 3. The number of hydrogen-bond donors (Lipinski definition) is 4. The lowest BCUT2D eigenvalue weighted by Crippen LogP contribution is -1.87. The first kappa shape index (κ1) is 9.72. The Kier molecular flexibility index (Phi) is 2.20. The largest absolute Gasteiger partial charge is 0.508 e. The van der Waals surface area contributed by atoms with Crippen molar-refractivity contribution >= 4 is 12.2 Å². The Morgan fingerprint density at radius 2 is 2.00 bits per heavy atom. The van der Waals surface area contributed by atoms with Crippen LogP contribution in [0.3, 0.4) is 0 Å². The van der Waals surface area contributed by atoms with Crippen LogP contribution in [-0.2, 0) is 0 Å². The number of benzene rings is 1. The van der Waals surface area contributed by atoms with Crippen molar-refractivity contribution in [2.24, 2.45) is 0 Å². The Hall–Kier alpha value is -1.82. The van der Waals surface area contributed by atoms with E-state index in [9.17, 15) is 10.2 Å². The third-order valence-electron chi connectivity index (χ3n) is 2.04. The third kappa shape index (κ3) is 1.71. The van der Waals surface area contributed by atoms with Crippen LogP contribution in [0.1, 0.15) is 5.56 Å². The number of aromatic amines is 2. The SMILES string of the molecule is Cc1cc(O)cc(O)c1-c1nc(=S)[nH][nH]1. The summed E-state index contributed by atoms with van der Waals surface area (Å²) in [6, 6.07) is 2.80. The van der Waals surface area contributed by atoms with Crippen LogP contribution in [0, 0.1) is 11.7 Å². The molecule has 1 aromatic carbocycles. The minimum atomic E-state index is -0.0368. The number of aryl methyl sites for hydroxylation is 1. The van der Waals surface area contributed by atoms with Crippen molar-refractivity contribution in [2.75, 3.05) is 0 Å². The van der Waals surface area contributed by atoms with E-state index in [1.165, 1.54) is 6.07 Å². The molecule has 0 saturated heterocycles. The van der Waals surface area contributed by atoms with Crippen LogP contribution >= 0.6 is 12.2 Å². The molecule has 4 N–H and O–H groups in total. The number of H-pyrrole nitrogens is 2. The molecule has 15 heavy (non-hydrogen) atoms. The van der Waals surface area contributed by atoms with Crippen molar-refractivity contribution in [1.82, 2.24) is 15.2 Å². The summed E-state index contributed by atoms with van der Waals surface area (Å²) in [5.41, 5.74) is 1.24. The lowest BCUT2D eigenvalue weighted by atomic mass is 10.1. The van der Waals surface area contributed by atoms with Crippen LogP contribution < -0.4 is 0 Å². The predicted molar refractivity (Wildman–Crippen MR) is 57.3 cm³/mol. The zero-order chi connectivity index (χ0) is 11.0. The third-order valence-corrected chi connectivity index (χ3v) is 2.23. The van der Waals surface area contributed by atoms with Gasteiger partial charge in [-0.3, -0.25) is 10.2 Å². The Morgan fingerprint density at radius 1 is 1.27 bits per heavy atom. The Morgan fingerprint density at radius 3 is 2.53 bits per heavy atom. The standard InChI is InChI=1S/C9H9N3O2S/c1-4-2-5(13)3-6(14)7(4)8-10-9(15)12-11-8/h2-3,13-14H,1H3,(H2,10,11,12,15). The van der Waals surface area contributed by atoms with Gasteiger partial charge in [-0.1, -0.05) is 0 Å². The summed E-state index contributed by atoms with van der Waals surface area (Å²) < 4.78 is 0.317. The Labute approximate surface area is 90.4 Å². The average Bonchev–Trinajstić information content (AvgIpc) is 2.49. The van der Waals surface area contributed by atoms with Gasteiger partial charge in [0.25, 0.3) is 0 Å². The maximum absolute atomic E-state index is 9.67. The first-order valence-corrected chi connectivity index (χ1v) is 4.66. The second-order valence-electron chi connectivity index (χ2n) is 3.17. The summed E-state index contributed by atoms with van der Waals surface area (Å²) >= 11 is 4.82. The first-order chi connectivity index (χ1) is 7.08. The minimum Gasteiger partial charge on any atom is -0.508 e. The molecule has 0 fully saturated rings. The topological polar surface area (TPSA) is 84.9 Å². The minimum absolute atomic E-state index is 0.0166. The zero-order valence-corrected chi connectivity index (χ0v) is 8.72. The van der Waals surface area contributed by atoms with Crippen LogP contribution in [0.5, 0.6) is 11.5 Å². The highest BCUT2D eigenvalue weighted by atomic mass is 32.1. The van der Waals surface area contributed by atoms with Gasteiger partial charge in [-0.15, -0.1) is 0 Å². The van der Waals surface area contributed by atoms with Crippen molar-refractivity contribution in [2.45, 2.75) is 6.92 Å². The second kappa shape index (κ2) is 3.39. The van der Waals surface area contributed by atoms with E-state index in [-0.39, 0.29) is 11.5 Å². The number of nitrogens with zero attached hydrogens (tertiary/aromatic N) is 1. The molecule has 0 aliphatic rings. The molecule has 0 atom stereocenters. The summed E-state index contributed by atoms with van der Waals surface area (Å²) in [4.78, 5) is 3.99. The molecule has 0 amide bonds. The molecule has 0 aliphatic heterocycles. The van der Waals surface area contributed by atoms with Gasteiger partial charge in [-0.25, -0.2) is 0 Å². The normalized spacial score (nSPS) is 10.5. The van der Waals surface area contributed by atoms with E-state index >= 15 is 0 Å². The number of phenols is 2. The maximum Gasteiger partial charge on any atom is 0.213 e. The summed E-state index contributed by atoms with van der Waals surface area (Å²) in [5.74, 6) is 0.433. The molecule has 1 heterocycles. The molecule has 6 heteroatoms. The smallest absolute Gasteiger partial charge is 0.213 e. The van der Waals surface area contributed by atoms with Gasteiger partial charge >= 0.3 is 0 Å². The van der Waals surface area contributed by atoms with Crippen molar-refractivity contribution in [3.63, 3.8) is 0 Å². The molecule has 0 unspecified atom stereocenters. The molecule has 0 radical (unpaired) electrons. The summed E-state index contributed by atoms with van der Waals surface area (Å²) in [5, 5.41) is 24.3. The van der Waals surface area contributed by atoms with Crippen LogP contribution in [0.2, 0.25) is 0 Å². The van der Waals surface area contributed by atoms with E-state index in [2.05, 4.69) is 15.2 Å². The van der Waals surface area contributed by atoms with E-state index < -0.39 is 0 Å². The van der Waals surface area contributed by atoms with Crippen LogP contribution in [0.25, 0.3) is 11.4 Å². The Bertz CT molecular complexity index is 535. The Balaban J connectivity index is 2.67. The van der Waals surface area contributed by atoms with Crippen LogP contribution in [0.4, 0.5) is 0 Å². The summed E-state index contributed by atoms with van der Waals surface area (Å²) in [7, 11) is 0. The molecular weight excluding hydrogens is 214 g/mol. The predicted octanol–water partition coefficient (Wildman–Crippen LogP) is 1.85. The molecule has 1 aromatic heterocycles. The zero-order valence-electron chi connectivity index (χ0n) is 7.90. The molecular formula is C9H9N3O2S. The highest BCUT2D eigenvalue weighted by molar-refractivity contribution is 7.71. The fourth-order valence-electron chi connectivity index (χ4n) is 1.45. The molecule has 78 valence electrons. The van der Waals surface area contributed by atoms with E-state index in [0.717, 1.165) is 0 Å². The molecule has 2 rings (SSSR count). The molecule has 0 aliphatic carbocycles. The quantitative estimate of drug-likeness (QED) is 0.556. The van der Waals surface area contributed by atoms with Gasteiger partial charge in [0.05, 0.1) is 5.56 Å². The van der Waals surface area contributed by atoms with E-state index in [1.807, 2.05) is 0 Å². The van der Waals surface area contributed by atoms with Crippen molar-refractivity contribution in [3.05, 3.63) is 22.5 Å². The van der Waals surface area contributed by atoms with Gasteiger partial charge in [0.2, 0.25) is 4.77 Å². The van der Waals surface area contributed by atoms with Gasteiger partial charge in [-0.2, -0.15) is 4.98 Å². The fourth-order valence-corrected chi connectivity index (χ4v) is 1.59. The van der Waals surface area contributed by atoms with Gasteiger partial charge in [-0.05, 0) is 30.8 Å². The number of nitrogens with one attached hydrogen (secondary N) is 2. The van der Waals surface area contributed by atoms with Crippen LogP contribution in [0.15, 0.2) is 12.1 Å². The highest BCUT2D eigenvalue weighted by Crippen LogP contribution is 2.33. The average molecular weight is 223 g/mol. The summed E-state index contributed by atoms with van der Waals surface area (Å²) in [6.07, 6.45) is 0. The van der Waals surface area contributed by atoms with E-state index in [1.54, 1.807) is 13.0 Å². The number of rotatable bonds is 1. The lowest BCUT2D eigenvalue weighted by Gasteiger charge is -2.05. The van der Waals surface area contributed by atoms with Crippen molar-refractivity contribution in [1.29, 1.82) is 0 Å². The lowest BCUT2D eigenvalue weighted by molar-refractivity contribution is 0.451. The van der Waals surface area contributed by atoms with Gasteiger partial charge in [0.15, 0.2) is 5.82 Å². The van der Waals surface area contributed by atoms with E-state index in [0.29, 0.717) is 21.7 Å². The molecule has 5 nitrogen and oxygen atoms in total. The van der Waals surface area contributed by atoms with Crippen molar-refractivity contribution in [3.8, 4) is 22.9 Å². The number of hydrogen-bond acceptors (Lipinski definition) is 4. The molecule has 0 bridgehead atoms. The number of phenolic OH excluding ortho intramolecular Hbond substituents is 2. The monoisotopic (exact) mass is 223 g/mol. The summed E-state index contributed by atoms with van der Waals surface area (Å²) in [6.45, 7) is 1.76. The highest BCUT2D eigenvalue weighted by Gasteiger charge is 2.11. The second-order valence-corrected chi connectivity index (χ2v) is 3.56. The molecule has 2 aromatic rings. The molecule has 0 saturated carbocycles.